The van der Waals surface area contributed by atoms with E-state index in [0.717, 1.165) is 11.2 Å². The minimum atomic E-state index is -4.17. The van der Waals surface area contributed by atoms with Crippen LogP contribution >= 0.6 is 7.75 Å². The van der Waals surface area contributed by atoms with Crippen molar-refractivity contribution >= 4 is 30.4 Å². The van der Waals surface area contributed by atoms with Gasteiger partial charge in [0.1, 0.15) is 23.7 Å². The van der Waals surface area contributed by atoms with Crippen LogP contribution in [0.3, 0.4) is 0 Å². The van der Waals surface area contributed by atoms with Gasteiger partial charge < -0.3 is 14.0 Å². The van der Waals surface area contributed by atoms with E-state index in [1.165, 1.54) is 23.8 Å². The number of fused-ring (bicyclic) bond motifs is 3. The first-order chi connectivity index (χ1) is 19.5. The van der Waals surface area contributed by atoms with Crippen molar-refractivity contribution in [1.29, 1.82) is 0 Å². The van der Waals surface area contributed by atoms with Gasteiger partial charge in [-0.3, -0.25) is 28.1 Å². The van der Waals surface area contributed by atoms with Gasteiger partial charge in [-0.15, -0.1) is 0 Å². The molecule has 14 heteroatoms. The Kier molecular flexibility index (Phi) is 8.14. The van der Waals surface area contributed by atoms with Crippen LogP contribution in [0.15, 0.2) is 64.4 Å². The Labute approximate surface area is 235 Å². The summed E-state index contributed by atoms with van der Waals surface area (Å²) in [7, 11) is -4.17. The second-order valence-electron chi connectivity index (χ2n) is 10.3. The van der Waals surface area contributed by atoms with E-state index >= 15 is 0 Å². The third kappa shape index (κ3) is 6.43. The summed E-state index contributed by atoms with van der Waals surface area (Å²) in [6.07, 6.45) is 2.17. The third-order valence-corrected chi connectivity index (χ3v) is 8.22. The van der Waals surface area contributed by atoms with Crippen LogP contribution in [0.4, 0.5) is 0 Å². The first kappa shape index (κ1) is 28.7. The zero-order chi connectivity index (χ0) is 29.3. The summed E-state index contributed by atoms with van der Waals surface area (Å²) in [5.74, 6) is -0.510. The maximum absolute atomic E-state index is 14.0. The van der Waals surface area contributed by atoms with E-state index in [-0.39, 0.29) is 24.4 Å². The highest BCUT2D eigenvalue weighted by Crippen LogP contribution is 2.46. The number of H-pyrrole nitrogens is 1. The molecular weight excluding hydrogens is 553 g/mol. The van der Waals surface area contributed by atoms with Crippen molar-refractivity contribution in [2.45, 2.75) is 58.6 Å². The minimum Gasteiger partial charge on any atom is -0.462 e. The van der Waals surface area contributed by atoms with Crippen molar-refractivity contribution < 1.29 is 27.9 Å². The number of aromatic nitrogens is 4. The van der Waals surface area contributed by atoms with Crippen LogP contribution in [0, 0.1) is 5.92 Å². The molecule has 1 fully saturated rings. The number of nitrogens with one attached hydrogen (secondary N) is 2. The summed E-state index contributed by atoms with van der Waals surface area (Å²) in [6.45, 7) is 6.66. The minimum absolute atomic E-state index is 0.113. The zero-order valence-corrected chi connectivity index (χ0v) is 23.9. The number of aromatic amines is 1. The van der Waals surface area contributed by atoms with Gasteiger partial charge in [-0.1, -0.05) is 13.0 Å². The van der Waals surface area contributed by atoms with Gasteiger partial charge in [0, 0.05) is 30.4 Å². The van der Waals surface area contributed by atoms with Crippen LogP contribution < -0.4 is 20.9 Å². The molecule has 1 aliphatic heterocycles. The van der Waals surface area contributed by atoms with Gasteiger partial charge in [-0.05, 0) is 51.5 Å². The molecule has 5 rings (SSSR count). The van der Waals surface area contributed by atoms with E-state index in [4.69, 9.17) is 18.5 Å². The molecule has 0 radical (unpaired) electrons. The van der Waals surface area contributed by atoms with Gasteiger partial charge in [0.05, 0.1) is 29.8 Å². The molecule has 0 amide bonds. The fraction of sp³-hybridized carbons (Fsp3) is 0.407. The average Bonchev–Trinajstić information content (AvgIpc) is 3.46. The fourth-order valence-electron chi connectivity index (χ4n) is 4.73. The van der Waals surface area contributed by atoms with Gasteiger partial charge in [0.25, 0.3) is 5.56 Å². The lowest BCUT2D eigenvalue weighted by molar-refractivity contribution is -0.149. The number of esters is 1. The summed E-state index contributed by atoms with van der Waals surface area (Å²) in [6, 6.07) is 10.9. The van der Waals surface area contributed by atoms with Crippen LogP contribution in [0.1, 0.15) is 40.3 Å². The highest BCUT2D eigenvalue weighted by atomic mass is 31.2. The van der Waals surface area contributed by atoms with Crippen molar-refractivity contribution in [3.63, 3.8) is 0 Å². The molecular formula is C27H32N5O8P. The van der Waals surface area contributed by atoms with E-state index in [1.54, 1.807) is 32.0 Å². The predicted octanol–water partition coefficient (Wildman–Crippen LogP) is 3.39. The lowest BCUT2D eigenvalue weighted by Gasteiger charge is -2.24. The molecule has 2 N–H and O–H groups in total. The topological polar surface area (TPSA) is 155 Å². The van der Waals surface area contributed by atoms with Crippen LogP contribution in [0.25, 0.3) is 16.7 Å². The molecule has 1 aromatic carbocycles. The largest absolute Gasteiger partial charge is 0.462 e. The lowest BCUT2D eigenvalue weighted by Crippen LogP contribution is -2.36. The molecule has 0 saturated carbocycles. The van der Waals surface area contributed by atoms with Crippen molar-refractivity contribution in [3.05, 3.63) is 75.7 Å². The fourth-order valence-corrected chi connectivity index (χ4v) is 6.25. The van der Waals surface area contributed by atoms with E-state index in [1.807, 2.05) is 35.7 Å². The van der Waals surface area contributed by atoms with Gasteiger partial charge >= 0.3 is 19.4 Å². The van der Waals surface area contributed by atoms with Crippen molar-refractivity contribution in [2.75, 3.05) is 6.61 Å². The first-order valence-electron chi connectivity index (χ1n) is 13.3. The van der Waals surface area contributed by atoms with Crippen molar-refractivity contribution in [1.82, 2.24) is 24.0 Å². The molecule has 1 aliphatic rings. The maximum atomic E-state index is 14.0. The number of nitrogens with zero attached hydrogens (tertiary/aromatic N) is 3. The zero-order valence-electron chi connectivity index (χ0n) is 23.1. The molecule has 0 bridgehead atoms. The Morgan fingerprint density at radius 3 is 2.76 bits per heavy atom. The summed E-state index contributed by atoms with van der Waals surface area (Å²) >= 11 is 0. The molecule has 13 nitrogen and oxygen atoms in total. The Balaban J connectivity index is 1.35. The highest BCUT2D eigenvalue weighted by molar-refractivity contribution is 7.52. The Bertz CT molecular complexity index is 1730. The number of carbonyl (C=O) groups excluding carboxylic acids is 1. The molecule has 4 heterocycles. The van der Waals surface area contributed by atoms with Gasteiger partial charge in [0.15, 0.2) is 0 Å². The molecule has 218 valence electrons. The Morgan fingerprint density at radius 2 is 2.00 bits per heavy atom. The number of hydrogen-bond acceptors (Lipinski definition) is 9. The molecule has 41 heavy (non-hydrogen) atoms. The van der Waals surface area contributed by atoms with Crippen LogP contribution in [0.5, 0.6) is 5.75 Å². The number of imidazole rings is 1. The van der Waals surface area contributed by atoms with Crippen LogP contribution in [0.2, 0.25) is 0 Å². The van der Waals surface area contributed by atoms with Crippen LogP contribution in [-0.2, 0) is 23.4 Å². The van der Waals surface area contributed by atoms with E-state index in [9.17, 15) is 18.9 Å². The summed E-state index contributed by atoms with van der Waals surface area (Å²) in [4.78, 5) is 43.0. The number of pyridine rings is 1. The molecule has 0 aliphatic carbocycles. The third-order valence-electron chi connectivity index (χ3n) is 6.57. The van der Waals surface area contributed by atoms with E-state index in [2.05, 4.69) is 15.1 Å². The number of hydrogen-bond donors (Lipinski definition) is 2. The van der Waals surface area contributed by atoms with Crippen molar-refractivity contribution in [3.8, 4) is 5.75 Å². The SMILES string of the molecule is CC(C)OC(=O)[C@H](C)NP(=O)(OCC1C[C@H](C)C(n2ccc(=O)[nH]c2=O)O1)Oc1ccc2c(c1)nc1ccccn12. The average molecular weight is 586 g/mol. The number of ether oxygens (including phenoxy) is 2. The van der Waals surface area contributed by atoms with Gasteiger partial charge in [-0.25, -0.2) is 14.3 Å². The van der Waals surface area contributed by atoms with Crippen molar-refractivity contribution in [2.24, 2.45) is 5.92 Å². The predicted molar refractivity (Wildman–Crippen MR) is 150 cm³/mol. The van der Waals surface area contributed by atoms with Gasteiger partial charge in [-0.2, -0.15) is 5.09 Å². The summed E-state index contributed by atoms with van der Waals surface area (Å²) in [5, 5.41) is 2.68. The van der Waals surface area contributed by atoms with E-state index in [0.29, 0.717) is 11.9 Å². The van der Waals surface area contributed by atoms with Gasteiger partial charge in [0.2, 0.25) is 0 Å². The molecule has 4 aromatic rings. The quantitative estimate of drug-likeness (QED) is 0.209. The van der Waals surface area contributed by atoms with E-state index < -0.39 is 43.3 Å². The van der Waals surface area contributed by atoms with Crippen LogP contribution in [-0.4, -0.2) is 49.8 Å². The molecule has 0 spiro atoms. The molecule has 3 aromatic heterocycles. The lowest BCUT2D eigenvalue weighted by atomic mass is 10.1. The summed E-state index contributed by atoms with van der Waals surface area (Å²) < 4.78 is 40.2. The first-order valence-corrected chi connectivity index (χ1v) is 14.8. The maximum Gasteiger partial charge on any atom is 0.459 e. The second kappa shape index (κ2) is 11.6. The smallest absolute Gasteiger partial charge is 0.459 e. The molecule has 3 unspecified atom stereocenters. The normalized spacial score (nSPS) is 21.2. The monoisotopic (exact) mass is 585 g/mol. The number of benzene rings is 1. The number of carbonyl (C=O) groups is 1. The standard InChI is InChI=1S/C27H32N5O8P/c1-16(2)38-26(34)18(4)30-41(36,40-19-8-9-22-21(14-19)28-23-7-5-6-11-31(22)23)37-15-20-13-17(3)25(39-20)32-12-10-24(33)29-27(32)35/h5-12,14,16-18,20,25H,13,15H2,1-4H3,(H,30,36)(H,29,33,35)/t17-,18-,20?,25?,41?/m0/s1. The highest BCUT2D eigenvalue weighted by Gasteiger charge is 2.38. The molecule has 5 atom stereocenters. The number of rotatable bonds is 10. The second-order valence-corrected chi connectivity index (χ2v) is 12.0. The Morgan fingerprint density at radius 1 is 1.20 bits per heavy atom. The molecule has 1 saturated heterocycles. The Hall–Kier alpha value is -3.77. The summed E-state index contributed by atoms with van der Waals surface area (Å²) in [5.41, 5.74) is 1.10.